The number of para-hydroxylation sites is 1. The Morgan fingerprint density at radius 2 is 2.07 bits per heavy atom. The van der Waals surface area contributed by atoms with Crippen molar-refractivity contribution in [3.63, 3.8) is 0 Å². The van der Waals surface area contributed by atoms with E-state index in [4.69, 9.17) is 4.42 Å². The summed E-state index contributed by atoms with van der Waals surface area (Å²) in [5.74, 6) is 0. The lowest BCUT2D eigenvalue weighted by molar-refractivity contribution is 0.666. The van der Waals surface area contributed by atoms with Crippen LogP contribution in [-0.4, -0.2) is 4.98 Å². The maximum Gasteiger partial charge on any atom is 0.153 e. The van der Waals surface area contributed by atoms with Gasteiger partial charge in [0.05, 0.1) is 4.47 Å². The van der Waals surface area contributed by atoms with Crippen LogP contribution in [0.2, 0.25) is 0 Å². The fourth-order valence-electron chi connectivity index (χ4n) is 1.58. The van der Waals surface area contributed by atoms with E-state index in [-0.39, 0.29) is 0 Å². The van der Waals surface area contributed by atoms with Gasteiger partial charge in [0.2, 0.25) is 0 Å². The first-order valence-electron chi connectivity index (χ1n) is 4.28. The molecule has 0 atom stereocenters. The summed E-state index contributed by atoms with van der Waals surface area (Å²) in [5, 5.41) is 1.05. The molecule has 0 saturated carbocycles. The summed E-state index contributed by atoms with van der Waals surface area (Å²) in [5.41, 5.74) is 2.61. The predicted octanol–water partition coefficient (Wildman–Crippen LogP) is 3.74. The Kier molecular flexibility index (Phi) is 1.61. The van der Waals surface area contributed by atoms with Gasteiger partial charge in [-0.3, -0.25) is 4.98 Å². The van der Waals surface area contributed by atoms with Crippen molar-refractivity contribution in [1.29, 1.82) is 0 Å². The van der Waals surface area contributed by atoms with Crippen molar-refractivity contribution < 1.29 is 4.42 Å². The highest BCUT2D eigenvalue weighted by Crippen LogP contribution is 2.31. The number of nitrogens with zero attached hydrogens (tertiary/aromatic N) is 1. The van der Waals surface area contributed by atoms with Crippen molar-refractivity contribution in [3.8, 4) is 0 Å². The molecular weight excluding hydrogens is 242 g/mol. The van der Waals surface area contributed by atoms with E-state index in [1.165, 1.54) is 0 Å². The highest BCUT2D eigenvalue weighted by Gasteiger charge is 2.08. The van der Waals surface area contributed by atoms with Gasteiger partial charge in [-0.1, -0.05) is 6.07 Å². The molecule has 2 aromatic heterocycles. The van der Waals surface area contributed by atoms with Crippen molar-refractivity contribution in [1.82, 2.24) is 4.98 Å². The molecule has 3 aromatic rings. The molecular formula is C11H6BrNO. The lowest BCUT2D eigenvalue weighted by atomic mass is 10.2. The third-order valence-corrected chi connectivity index (χ3v) is 2.83. The number of aromatic nitrogens is 1. The first-order valence-corrected chi connectivity index (χ1v) is 5.07. The van der Waals surface area contributed by atoms with Crippen LogP contribution in [0.5, 0.6) is 0 Å². The zero-order valence-electron chi connectivity index (χ0n) is 7.20. The molecule has 3 heteroatoms. The Labute approximate surface area is 88.7 Å². The molecule has 0 fully saturated rings. The van der Waals surface area contributed by atoms with E-state index in [1.807, 2.05) is 30.3 Å². The van der Waals surface area contributed by atoms with Gasteiger partial charge in [-0.15, -0.1) is 0 Å². The number of hydrogen-bond donors (Lipinski definition) is 0. The standard InChI is InChI=1S/C11H6BrNO/c12-8-4-1-3-7-10-9(14-11(7)8)5-2-6-13-10/h1-6H. The molecule has 2 nitrogen and oxygen atoms in total. The highest BCUT2D eigenvalue weighted by molar-refractivity contribution is 9.10. The summed E-state index contributed by atoms with van der Waals surface area (Å²) in [6.07, 6.45) is 1.78. The van der Waals surface area contributed by atoms with Gasteiger partial charge < -0.3 is 4.42 Å². The maximum atomic E-state index is 5.67. The smallest absolute Gasteiger partial charge is 0.153 e. The van der Waals surface area contributed by atoms with Crippen LogP contribution in [0.3, 0.4) is 0 Å². The van der Waals surface area contributed by atoms with Gasteiger partial charge in [-0.05, 0) is 40.2 Å². The van der Waals surface area contributed by atoms with Crippen LogP contribution in [0.4, 0.5) is 0 Å². The largest absolute Gasteiger partial charge is 0.453 e. The lowest BCUT2D eigenvalue weighted by Crippen LogP contribution is -1.71. The molecule has 1 aromatic carbocycles. The van der Waals surface area contributed by atoms with Gasteiger partial charge >= 0.3 is 0 Å². The summed E-state index contributed by atoms with van der Waals surface area (Å²) >= 11 is 3.45. The minimum absolute atomic E-state index is 0.828. The zero-order chi connectivity index (χ0) is 9.54. The van der Waals surface area contributed by atoms with E-state index in [0.717, 1.165) is 26.5 Å². The fraction of sp³-hybridized carbons (Fsp3) is 0. The molecule has 0 spiro atoms. The Hall–Kier alpha value is -1.35. The van der Waals surface area contributed by atoms with Gasteiger partial charge in [-0.25, -0.2) is 0 Å². The van der Waals surface area contributed by atoms with Crippen molar-refractivity contribution in [3.05, 3.63) is 41.0 Å². The first kappa shape index (κ1) is 8.00. The van der Waals surface area contributed by atoms with E-state index in [1.54, 1.807) is 6.20 Å². The van der Waals surface area contributed by atoms with E-state index in [2.05, 4.69) is 20.9 Å². The van der Waals surface area contributed by atoms with Gasteiger partial charge in [-0.2, -0.15) is 0 Å². The Bertz CT molecular complexity index is 615. The number of benzene rings is 1. The van der Waals surface area contributed by atoms with Crippen LogP contribution in [0.25, 0.3) is 22.1 Å². The molecule has 3 rings (SSSR count). The van der Waals surface area contributed by atoms with E-state index in [0.29, 0.717) is 0 Å². The van der Waals surface area contributed by atoms with E-state index < -0.39 is 0 Å². The number of furan rings is 1. The highest BCUT2D eigenvalue weighted by atomic mass is 79.9. The SMILES string of the molecule is Brc1cccc2c1oc1cccnc12. The summed E-state index contributed by atoms with van der Waals surface area (Å²) < 4.78 is 6.64. The van der Waals surface area contributed by atoms with Gasteiger partial charge in [0, 0.05) is 11.6 Å². The number of halogens is 1. The average Bonchev–Trinajstić information content (AvgIpc) is 2.59. The van der Waals surface area contributed by atoms with Crippen molar-refractivity contribution in [2.45, 2.75) is 0 Å². The predicted molar refractivity (Wildman–Crippen MR) is 59.2 cm³/mol. The second-order valence-corrected chi connectivity index (χ2v) is 3.92. The molecule has 0 unspecified atom stereocenters. The number of hydrogen-bond acceptors (Lipinski definition) is 2. The molecule has 0 amide bonds. The summed E-state index contributed by atoms with van der Waals surface area (Å²) in [6, 6.07) is 9.76. The molecule has 0 aliphatic rings. The molecule has 0 N–H and O–H groups in total. The average molecular weight is 248 g/mol. The Balaban J connectivity index is 2.63. The number of fused-ring (bicyclic) bond motifs is 3. The van der Waals surface area contributed by atoms with Crippen LogP contribution in [0.15, 0.2) is 45.4 Å². The van der Waals surface area contributed by atoms with Gasteiger partial charge in [0.1, 0.15) is 5.52 Å². The van der Waals surface area contributed by atoms with E-state index in [9.17, 15) is 0 Å². The van der Waals surface area contributed by atoms with Crippen LogP contribution in [0, 0.1) is 0 Å². The topological polar surface area (TPSA) is 26.0 Å². The third-order valence-electron chi connectivity index (χ3n) is 2.20. The molecule has 0 bridgehead atoms. The maximum absolute atomic E-state index is 5.67. The normalized spacial score (nSPS) is 11.2. The van der Waals surface area contributed by atoms with Crippen molar-refractivity contribution >= 4 is 38.0 Å². The van der Waals surface area contributed by atoms with Crippen LogP contribution < -0.4 is 0 Å². The summed E-state index contributed by atoms with van der Waals surface area (Å²) in [4.78, 5) is 4.30. The van der Waals surface area contributed by atoms with E-state index >= 15 is 0 Å². The zero-order valence-corrected chi connectivity index (χ0v) is 8.78. The molecule has 2 heterocycles. The molecule has 0 saturated heterocycles. The molecule has 0 aliphatic heterocycles. The van der Waals surface area contributed by atoms with Gasteiger partial charge in [0.25, 0.3) is 0 Å². The molecule has 68 valence electrons. The van der Waals surface area contributed by atoms with Crippen LogP contribution in [-0.2, 0) is 0 Å². The lowest BCUT2D eigenvalue weighted by Gasteiger charge is -1.89. The summed E-state index contributed by atoms with van der Waals surface area (Å²) in [7, 11) is 0. The Morgan fingerprint density at radius 1 is 1.14 bits per heavy atom. The fourth-order valence-corrected chi connectivity index (χ4v) is 2.03. The second kappa shape index (κ2) is 2.82. The minimum Gasteiger partial charge on any atom is -0.453 e. The van der Waals surface area contributed by atoms with Crippen molar-refractivity contribution in [2.75, 3.05) is 0 Å². The minimum atomic E-state index is 0.828. The summed E-state index contributed by atoms with van der Waals surface area (Å²) in [6.45, 7) is 0. The molecule has 0 aliphatic carbocycles. The monoisotopic (exact) mass is 247 g/mol. The van der Waals surface area contributed by atoms with Gasteiger partial charge in [0.15, 0.2) is 11.2 Å². The van der Waals surface area contributed by atoms with Crippen LogP contribution in [0.1, 0.15) is 0 Å². The first-order chi connectivity index (χ1) is 6.86. The van der Waals surface area contributed by atoms with Crippen LogP contribution >= 0.6 is 15.9 Å². The Morgan fingerprint density at radius 3 is 3.00 bits per heavy atom. The third kappa shape index (κ3) is 0.990. The second-order valence-electron chi connectivity index (χ2n) is 3.07. The molecule has 0 radical (unpaired) electrons. The van der Waals surface area contributed by atoms with Crippen molar-refractivity contribution in [2.24, 2.45) is 0 Å². The number of pyridine rings is 1. The number of rotatable bonds is 0. The molecule has 14 heavy (non-hydrogen) atoms. The quantitative estimate of drug-likeness (QED) is 0.605.